The molecule has 0 heterocycles. The highest BCUT2D eigenvalue weighted by Crippen LogP contribution is 2.16. The third-order valence-electron chi connectivity index (χ3n) is 2.85. The molecule has 0 saturated heterocycles. The smallest absolute Gasteiger partial charge is 0.106 e. The van der Waals surface area contributed by atoms with Gasteiger partial charge in [0.25, 0.3) is 0 Å². The summed E-state index contributed by atoms with van der Waals surface area (Å²) in [5.74, 6) is 0. The highest BCUT2D eigenvalue weighted by atomic mass is 16.1. The molecule has 0 radical (unpaired) electrons. The number of rotatable bonds is 4. The van der Waals surface area contributed by atoms with Gasteiger partial charge in [0.15, 0.2) is 0 Å². The SMILES string of the molecule is C1=CC(CCCc2ccccc2)=CCC1.C=O. The summed E-state index contributed by atoms with van der Waals surface area (Å²) in [7, 11) is 0. The van der Waals surface area contributed by atoms with Crippen LogP contribution < -0.4 is 0 Å². The Morgan fingerprint density at radius 3 is 2.41 bits per heavy atom. The summed E-state index contributed by atoms with van der Waals surface area (Å²) in [6, 6.07) is 10.7. The lowest BCUT2D eigenvalue weighted by molar-refractivity contribution is -0.0979. The maximum Gasteiger partial charge on any atom is 0.106 e. The van der Waals surface area contributed by atoms with Gasteiger partial charge in [-0.3, -0.25) is 0 Å². The van der Waals surface area contributed by atoms with Gasteiger partial charge in [0, 0.05) is 0 Å². The number of hydrogen-bond acceptors (Lipinski definition) is 1. The maximum absolute atomic E-state index is 8.00. The van der Waals surface area contributed by atoms with Crippen molar-refractivity contribution >= 4 is 6.79 Å². The molecular formula is C16H20O. The molecule has 1 nitrogen and oxygen atoms in total. The van der Waals surface area contributed by atoms with E-state index in [4.69, 9.17) is 4.79 Å². The Morgan fingerprint density at radius 1 is 1.00 bits per heavy atom. The van der Waals surface area contributed by atoms with Crippen molar-refractivity contribution < 1.29 is 4.79 Å². The van der Waals surface area contributed by atoms with E-state index >= 15 is 0 Å². The van der Waals surface area contributed by atoms with Gasteiger partial charge in [-0.2, -0.15) is 0 Å². The summed E-state index contributed by atoms with van der Waals surface area (Å²) in [4.78, 5) is 8.00. The molecule has 0 bridgehead atoms. The molecule has 1 heteroatoms. The Labute approximate surface area is 104 Å². The zero-order valence-electron chi connectivity index (χ0n) is 10.3. The van der Waals surface area contributed by atoms with Crippen LogP contribution in [0.3, 0.4) is 0 Å². The van der Waals surface area contributed by atoms with Crippen molar-refractivity contribution in [1.82, 2.24) is 0 Å². The summed E-state index contributed by atoms with van der Waals surface area (Å²) in [6.07, 6.45) is 13.1. The zero-order valence-corrected chi connectivity index (χ0v) is 10.3. The topological polar surface area (TPSA) is 17.1 Å². The fourth-order valence-electron chi connectivity index (χ4n) is 1.99. The third kappa shape index (κ3) is 5.30. The van der Waals surface area contributed by atoms with Crippen LogP contribution in [0, 0.1) is 0 Å². The number of hydrogen-bond donors (Lipinski definition) is 0. The molecule has 1 aliphatic carbocycles. The van der Waals surface area contributed by atoms with E-state index in [1.54, 1.807) is 0 Å². The first kappa shape index (κ1) is 13.4. The molecule has 2 rings (SSSR count). The number of carbonyl (C=O) groups is 1. The van der Waals surface area contributed by atoms with Crippen LogP contribution in [-0.4, -0.2) is 6.79 Å². The number of aryl methyl sites for hydroxylation is 1. The second-order valence-electron chi connectivity index (χ2n) is 4.10. The molecule has 1 aliphatic rings. The Bertz CT molecular complexity index is 362. The van der Waals surface area contributed by atoms with Gasteiger partial charge in [0.1, 0.15) is 6.79 Å². The minimum atomic E-state index is 1.20. The fraction of sp³-hybridized carbons (Fsp3) is 0.312. The van der Waals surface area contributed by atoms with Gasteiger partial charge >= 0.3 is 0 Å². The summed E-state index contributed by atoms with van der Waals surface area (Å²) in [5, 5.41) is 0. The summed E-state index contributed by atoms with van der Waals surface area (Å²) in [6.45, 7) is 2.00. The summed E-state index contributed by atoms with van der Waals surface area (Å²) < 4.78 is 0. The second kappa shape index (κ2) is 8.51. The highest BCUT2D eigenvalue weighted by molar-refractivity contribution is 5.22. The van der Waals surface area contributed by atoms with Gasteiger partial charge in [-0.1, -0.05) is 54.1 Å². The van der Waals surface area contributed by atoms with Crippen LogP contribution in [-0.2, 0) is 11.2 Å². The average molecular weight is 228 g/mol. The van der Waals surface area contributed by atoms with Crippen LogP contribution in [0.1, 0.15) is 31.2 Å². The molecule has 0 aliphatic heterocycles. The van der Waals surface area contributed by atoms with Crippen LogP contribution >= 0.6 is 0 Å². The van der Waals surface area contributed by atoms with E-state index in [9.17, 15) is 0 Å². The molecule has 17 heavy (non-hydrogen) atoms. The second-order valence-corrected chi connectivity index (χ2v) is 4.10. The van der Waals surface area contributed by atoms with E-state index in [0.29, 0.717) is 0 Å². The van der Waals surface area contributed by atoms with Crippen molar-refractivity contribution in [3.63, 3.8) is 0 Å². The first-order valence-corrected chi connectivity index (χ1v) is 6.13. The lowest BCUT2D eigenvalue weighted by atomic mass is 10.00. The van der Waals surface area contributed by atoms with Gasteiger partial charge in [0.05, 0.1) is 0 Å². The van der Waals surface area contributed by atoms with Gasteiger partial charge in [-0.05, 0) is 37.7 Å². The minimum Gasteiger partial charge on any atom is -0.307 e. The molecule has 0 unspecified atom stereocenters. The van der Waals surface area contributed by atoms with Gasteiger partial charge in [-0.15, -0.1) is 0 Å². The normalized spacial score (nSPS) is 13.5. The Kier molecular flexibility index (Phi) is 6.73. The summed E-state index contributed by atoms with van der Waals surface area (Å²) >= 11 is 0. The van der Waals surface area contributed by atoms with E-state index in [1.165, 1.54) is 43.2 Å². The van der Waals surface area contributed by atoms with Crippen molar-refractivity contribution in [2.24, 2.45) is 0 Å². The molecular weight excluding hydrogens is 208 g/mol. The minimum absolute atomic E-state index is 1.20. The van der Waals surface area contributed by atoms with E-state index in [2.05, 4.69) is 48.6 Å². The lowest BCUT2D eigenvalue weighted by Gasteiger charge is -2.06. The maximum atomic E-state index is 8.00. The molecule has 0 N–H and O–H groups in total. The molecule has 0 fully saturated rings. The third-order valence-corrected chi connectivity index (χ3v) is 2.85. The van der Waals surface area contributed by atoms with Crippen molar-refractivity contribution in [2.75, 3.05) is 0 Å². The molecule has 1 aromatic carbocycles. The van der Waals surface area contributed by atoms with Crippen LogP contribution in [0.25, 0.3) is 0 Å². The van der Waals surface area contributed by atoms with E-state index in [1.807, 2.05) is 6.79 Å². The quantitative estimate of drug-likeness (QED) is 0.758. The molecule has 0 amide bonds. The largest absolute Gasteiger partial charge is 0.307 e. The number of carbonyl (C=O) groups excluding carboxylic acids is 1. The molecule has 1 aromatic rings. The Balaban J connectivity index is 0.000000686. The lowest BCUT2D eigenvalue weighted by Crippen LogP contribution is -1.89. The first-order chi connectivity index (χ1) is 8.45. The fourth-order valence-corrected chi connectivity index (χ4v) is 1.99. The Morgan fingerprint density at radius 2 is 1.76 bits per heavy atom. The molecule has 0 atom stereocenters. The predicted octanol–water partition coefficient (Wildman–Crippen LogP) is 4.10. The standard InChI is InChI=1S/C15H18.CH2O/c1-3-8-14(9-4-1)12-7-13-15-10-5-2-6-11-15;1-2/h1,3-5,8-11H,2,6-7,12-13H2;1H2. The number of allylic oxidation sites excluding steroid dienone is 4. The Hall–Kier alpha value is -1.63. The zero-order chi connectivity index (χ0) is 12.3. The number of benzene rings is 1. The average Bonchev–Trinajstić information content (AvgIpc) is 2.43. The van der Waals surface area contributed by atoms with Gasteiger partial charge < -0.3 is 4.79 Å². The highest BCUT2D eigenvalue weighted by Gasteiger charge is 1.98. The van der Waals surface area contributed by atoms with Crippen molar-refractivity contribution in [2.45, 2.75) is 32.1 Å². The molecule has 0 saturated carbocycles. The molecule has 0 aromatic heterocycles. The first-order valence-electron chi connectivity index (χ1n) is 6.13. The van der Waals surface area contributed by atoms with Gasteiger partial charge in [-0.25, -0.2) is 0 Å². The molecule has 0 spiro atoms. The van der Waals surface area contributed by atoms with E-state index < -0.39 is 0 Å². The monoisotopic (exact) mass is 228 g/mol. The van der Waals surface area contributed by atoms with Gasteiger partial charge in [0.2, 0.25) is 0 Å². The van der Waals surface area contributed by atoms with Crippen LogP contribution in [0.4, 0.5) is 0 Å². The van der Waals surface area contributed by atoms with Crippen molar-refractivity contribution in [3.05, 3.63) is 59.7 Å². The predicted molar refractivity (Wildman–Crippen MR) is 73.0 cm³/mol. The van der Waals surface area contributed by atoms with Crippen LogP contribution in [0.15, 0.2) is 54.1 Å². The summed E-state index contributed by atoms with van der Waals surface area (Å²) in [5.41, 5.74) is 2.98. The van der Waals surface area contributed by atoms with Crippen LogP contribution in [0.2, 0.25) is 0 Å². The van der Waals surface area contributed by atoms with E-state index in [0.717, 1.165) is 0 Å². The van der Waals surface area contributed by atoms with E-state index in [-0.39, 0.29) is 0 Å². The van der Waals surface area contributed by atoms with Crippen molar-refractivity contribution in [3.8, 4) is 0 Å². The van der Waals surface area contributed by atoms with Crippen LogP contribution in [0.5, 0.6) is 0 Å². The van der Waals surface area contributed by atoms with Crippen molar-refractivity contribution in [1.29, 1.82) is 0 Å². The molecule has 90 valence electrons.